The molecule has 1 saturated heterocycles. The Labute approximate surface area is 112 Å². The lowest BCUT2D eigenvalue weighted by Gasteiger charge is -2.28. The van der Waals surface area contributed by atoms with Gasteiger partial charge in [0, 0.05) is 25.7 Å². The smallest absolute Gasteiger partial charge is 0.233 e. The van der Waals surface area contributed by atoms with E-state index in [-0.39, 0.29) is 17.9 Å². The third kappa shape index (κ3) is 2.09. The number of carbonyl (C=O) groups excluding carboxylic acids is 1. The van der Waals surface area contributed by atoms with Crippen LogP contribution in [0.15, 0.2) is 24.3 Å². The van der Waals surface area contributed by atoms with Crippen LogP contribution < -0.4 is 10.1 Å². The van der Waals surface area contributed by atoms with Crippen molar-refractivity contribution in [2.75, 3.05) is 26.7 Å². The number of hydrogen-bond donors (Lipinski definition) is 2. The highest BCUT2D eigenvalue weighted by molar-refractivity contribution is 5.85. The number of aliphatic hydroxyl groups is 1. The zero-order valence-corrected chi connectivity index (χ0v) is 10.9. The van der Waals surface area contributed by atoms with Gasteiger partial charge in [-0.1, -0.05) is 18.2 Å². The number of β-amino-alcohol motifs (C(OH)–C–C–N with tert-alkyl or cyclic N) is 1. The van der Waals surface area contributed by atoms with Gasteiger partial charge in [-0.05, 0) is 6.07 Å². The SMILES string of the molecule is CN(C(=O)C1COc2ccccc21)[C@H]1CNC[C@@H]1O. The maximum Gasteiger partial charge on any atom is 0.233 e. The molecule has 3 rings (SSSR count). The molecular formula is C14H18N2O3. The van der Waals surface area contributed by atoms with Crippen molar-refractivity contribution < 1.29 is 14.6 Å². The maximum atomic E-state index is 12.5. The first-order valence-electron chi connectivity index (χ1n) is 6.55. The Hall–Kier alpha value is -1.59. The molecule has 2 N–H and O–H groups in total. The number of ether oxygens (including phenoxy) is 1. The number of nitrogens with zero attached hydrogens (tertiary/aromatic N) is 1. The molecule has 2 heterocycles. The molecule has 1 aromatic rings. The summed E-state index contributed by atoms with van der Waals surface area (Å²) in [4.78, 5) is 14.2. The van der Waals surface area contributed by atoms with Gasteiger partial charge >= 0.3 is 0 Å². The number of aliphatic hydroxyl groups excluding tert-OH is 1. The molecule has 3 atom stereocenters. The summed E-state index contributed by atoms with van der Waals surface area (Å²) < 4.78 is 5.55. The van der Waals surface area contributed by atoms with Crippen molar-refractivity contribution in [3.8, 4) is 5.75 Å². The highest BCUT2D eigenvalue weighted by Crippen LogP contribution is 2.34. The Morgan fingerprint density at radius 1 is 1.42 bits per heavy atom. The molecule has 2 aliphatic rings. The molecule has 0 spiro atoms. The monoisotopic (exact) mass is 262 g/mol. The number of rotatable bonds is 2. The summed E-state index contributed by atoms with van der Waals surface area (Å²) in [7, 11) is 1.75. The summed E-state index contributed by atoms with van der Waals surface area (Å²) in [5.74, 6) is 0.547. The average molecular weight is 262 g/mol. The fraction of sp³-hybridized carbons (Fsp3) is 0.500. The summed E-state index contributed by atoms with van der Waals surface area (Å²) in [6.07, 6.45) is -0.494. The van der Waals surface area contributed by atoms with Gasteiger partial charge in [0.05, 0.1) is 12.1 Å². The Morgan fingerprint density at radius 2 is 2.21 bits per heavy atom. The largest absolute Gasteiger partial charge is 0.492 e. The number of carbonyl (C=O) groups is 1. The summed E-state index contributed by atoms with van der Waals surface area (Å²) in [5, 5.41) is 13.0. The molecule has 19 heavy (non-hydrogen) atoms. The second-order valence-electron chi connectivity index (χ2n) is 5.14. The summed E-state index contributed by atoms with van der Waals surface area (Å²) >= 11 is 0. The quantitative estimate of drug-likeness (QED) is 0.785. The molecule has 5 heteroatoms. The van der Waals surface area contributed by atoms with Crippen molar-refractivity contribution in [2.45, 2.75) is 18.1 Å². The molecule has 0 bridgehead atoms. The highest BCUT2D eigenvalue weighted by atomic mass is 16.5. The molecule has 1 amide bonds. The average Bonchev–Trinajstić information content (AvgIpc) is 3.03. The first kappa shape index (κ1) is 12.4. The van der Waals surface area contributed by atoms with Crippen LogP contribution in [0.25, 0.3) is 0 Å². The Morgan fingerprint density at radius 3 is 2.95 bits per heavy atom. The summed E-state index contributed by atoms with van der Waals surface area (Å²) in [5.41, 5.74) is 0.944. The van der Waals surface area contributed by atoms with Crippen molar-refractivity contribution in [3.63, 3.8) is 0 Å². The van der Waals surface area contributed by atoms with Crippen LogP contribution in [0.1, 0.15) is 11.5 Å². The van der Waals surface area contributed by atoms with Crippen LogP contribution >= 0.6 is 0 Å². The predicted molar refractivity (Wildman–Crippen MR) is 70.1 cm³/mol. The van der Waals surface area contributed by atoms with Crippen LogP contribution in [0.3, 0.4) is 0 Å². The van der Waals surface area contributed by atoms with Gasteiger partial charge in [-0.25, -0.2) is 0 Å². The lowest BCUT2D eigenvalue weighted by molar-refractivity contribution is -0.135. The Bertz CT molecular complexity index is 491. The van der Waals surface area contributed by atoms with Crippen LogP contribution in [0, 0.1) is 0 Å². The Kier molecular flexibility index (Phi) is 3.16. The molecular weight excluding hydrogens is 244 g/mol. The van der Waals surface area contributed by atoms with Gasteiger partial charge in [-0.2, -0.15) is 0 Å². The van der Waals surface area contributed by atoms with Crippen LogP contribution in [0.5, 0.6) is 5.75 Å². The van der Waals surface area contributed by atoms with Crippen molar-refractivity contribution in [1.29, 1.82) is 0 Å². The van der Waals surface area contributed by atoms with E-state index in [2.05, 4.69) is 5.32 Å². The van der Waals surface area contributed by atoms with E-state index >= 15 is 0 Å². The maximum absolute atomic E-state index is 12.5. The van der Waals surface area contributed by atoms with Crippen molar-refractivity contribution >= 4 is 5.91 Å². The van der Waals surface area contributed by atoms with E-state index in [9.17, 15) is 9.90 Å². The molecule has 102 valence electrons. The van der Waals surface area contributed by atoms with Crippen LogP contribution in [0.4, 0.5) is 0 Å². The van der Waals surface area contributed by atoms with Crippen molar-refractivity contribution in [2.24, 2.45) is 0 Å². The van der Waals surface area contributed by atoms with Gasteiger partial charge in [0.15, 0.2) is 0 Å². The molecule has 0 aromatic heterocycles. The normalized spacial score (nSPS) is 28.8. The van der Waals surface area contributed by atoms with Gasteiger partial charge < -0.3 is 20.1 Å². The fourth-order valence-corrected chi connectivity index (χ4v) is 2.82. The summed E-state index contributed by atoms with van der Waals surface area (Å²) in [6.45, 7) is 1.57. The zero-order valence-electron chi connectivity index (χ0n) is 10.9. The third-order valence-electron chi connectivity index (χ3n) is 3.99. The number of hydrogen-bond acceptors (Lipinski definition) is 4. The molecule has 0 saturated carbocycles. The molecule has 1 aromatic carbocycles. The Balaban J connectivity index is 1.78. The second-order valence-corrected chi connectivity index (χ2v) is 5.14. The summed E-state index contributed by atoms with van der Waals surface area (Å²) in [6, 6.07) is 7.48. The number of fused-ring (bicyclic) bond motifs is 1. The van der Waals surface area contributed by atoms with Crippen LogP contribution in [-0.4, -0.2) is 54.8 Å². The van der Waals surface area contributed by atoms with Gasteiger partial charge in [-0.15, -0.1) is 0 Å². The molecule has 2 aliphatic heterocycles. The van der Waals surface area contributed by atoms with Gasteiger partial charge in [0.25, 0.3) is 0 Å². The van der Waals surface area contributed by atoms with Crippen molar-refractivity contribution in [1.82, 2.24) is 10.2 Å². The van der Waals surface area contributed by atoms with E-state index in [0.717, 1.165) is 11.3 Å². The van der Waals surface area contributed by atoms with Crippen molar-refractivity contribution in [3.05, 3.63) is 29.8 Å². The number of likely N-dealkylation sites (N-methyl/N-ethyl adjacent to an activating group) is 1. The van der Waals surface area contributed by atoms with Gasteiger partial charge in [0.1, 0.15) is 18.3 Å². The predicted octanol–water partition coefficient (Wildman–Crippen LogP) is -0.0463. The van der Waals surface area contributed by atoms with E-state index < -0.39 is 6.10 Å². The van der Waals surface area contributed by atoms with E-state index in [1.54, 1.807) is 11.9 Å². The highest BCUT2D eigenvalue weighted by Gasteiger charge is 2.37. The lowest BCUT2D eigenvalue weighted by Crippen LogP contribution is -2.46. The number of nitrogens with one attached hydrogen (secondary N) is 1. The topological polar surface area (TPSA) is 61.8 Å². The molecule has 0 aliphatic carbocycles. The number of amides is 1. The standard InChI is InChI=1S/C14H18N2O3/c1-16(11-6-15-7-12(11)17)14(18)10-8-19-13-5-3-2-4-9(10)13/h2-5,10-12,15,17H,6-8H2,1H3/t10?,11-,12-/m0/s1. The van der Waals surface area contributed by atoms with Gasteiger partial charge in [-0.3, -0.25) is 4.79 Å². The first-order chi connectivity index (χ1) is 9.18. The molecule has 0 radical (unpaired) electrons. The van der Waals surface area contributed by atoms with E-state index in [1.165, 1.54) is 0 Å². The molecule has 5 nitrogen and oxygen atoms in total. The van der Waals surface area contributed by atoms with E-state index in [4.69, 9.17) is 4.74 Å². The van der Waals surface area contributed by atoms with Crippen LogP contribution in [-0.2, 0) is 4.79 Å². The van der Waals surface area contributed by atoms with E-state index in [0.29, 0.717) is 19.7 Å². The minimum Gasteiger partial charge on any atom is -0.492 e. The second kappa shape index (κ2) is 4.83. The fourth-order valence-electron chi connectivity index (χ4n) is 2.82. The minimum atomic E-state index is -0.494. The number of benzene rings is 1. The first-order valence-corrected chi connectivity index (χ1v) is 6.55. The molecule has 1 fully saturated rings. The van der Waals surface area contributed by atoms with E-state index in [1.807, 2.05) is 24.3 Å². The number of para-hydroxylation sites is 1. The minimum absolute atomic E-state index is 0.0118. The van der Waals surface area contributed by atoms with Gasteiger partial charge in [0.2, 0.25) is 5.91 Å². The zero-order chi connectivity index (χ0) is 13.4. The third-order valence-corrected chi connectivity index (χ3v) is 3.99. The van der Waals surface area contributed by atoms with Crippen LogP contribution in [0.2, 0.25) is 0 Å². The molecule has 1 unspecified atom stereocenters. The lowest BCUT2D eigenvalue weighted by atomic mass is 9.99.